The van der Waals surface area contributed by atoms with Crippen molar-refractivity contribution >= 4 is 22.1 Å². The highest BCUT2D eigenvalue weighted by Gasteiger charge is 2.36. The second kappa shape index (κ2) is 7.56. The van der Waals surface area contributed by atoms with Crippen LogP contribution in [-0.4, -0.2) is 37.9 Å². The van der Waals surface area contributed by atoms with Gasteiger partial charge in [0.1, 0.15) is 6.04 Å². The summed E-state index contributed by atoms with van der Waals surface area (Å²) in [7, 11) is -3.64. The van der Waals surface area contributed by atoms with Crippen molar-refractivity contribution < 1.29 is 17.9 Å². The molecule has 1 saturated heterocycles. The second-order valence-corrected chi connectivity index (χ2v) is 6.90. The van der Waals surface area contributed by atoms with E-state index in [0.717, 1.165) is 18.4 Å². The van der Waals surface area contributed by atoms with Crippen LogP contribution >= 0.6 is 0 Å². The molecule has 0 aromatic heterocycles. The number of hydrogen-bond donors (Lipinski definition) is 0. The van der Waals surface area contributed by atoms with E-state index in [2.05, 4.69) is 0 Å². The van der Waals surface area contributed by atoms with Gasteiger partial charge in [0.2, 0.25) is 10.0 Å². The number of carbonyl (C=O) groups is 1. The standard InChI is InChI=1S/C16H21NO4S/c1-2-21-16(18)15-10-6-7-12-17(15)22(19,20)13-11-14-8-4-3-5-9-14/h3-5,8-9,11,13,15H,2,6-7,10,12H2,1H3/b13-11+. The third kappa shape index (κ3) is 4.18. The Morgan fingerprint density at radius 2 is 2.05 bits per heavy atom. The molecule has 0 N–H and O–H groups in total. The van der Waals surface area contributed by atoms with Crippen molar-refractivity contribution in [3.63, 3.8) is 0 Å². The lowest BCUT2D eigenvalue weighted by atomic mass is 10.1. The quantitative estimate of drug-likeness (QED) is 0.781. The molecule has 1 heterocycles. The van der Waals surface area contributed by atoms with E-state index in [4.69, 9.17) is 4.74 Å². The highest BCUT2D eigenvalue weighted by atomic mass is 32.2. The van der Waals surface area contributed by atoms with Crippen LogP contribution in [0.15, 0.2) is 35.7 Å². The smallest absolute Gasteiger partial charge is 0.324 e. The van der Waals surface area contributed by atoms with Crippen LogP contribution in [0.5, 0.6) is 0 Å². The first kappa shape index (κ1) is 16.7. The normalized spacial score (nSPS) is 20.1. The largest absolute Gasteiger partial charge is 0.465 e. The van der Waals surface area contributed by atoms with Crippen LogP contribution < -0.4 is 0 Å². The summed E-state index contributed by atoms with van der Waals surface area (Å²) in [4.78, 5) is 12.0. The van der Waals surface area contributed by atoms with Crippen LogP contribution in [0.4, 0.5) is 0 Å². The molecule has 1 unspecified atom stereocenters. The van der Waals surface area contributed by atoms with Crippen molar-refractivity contribution in [3.05, 3.63) is 41.3 Å². The molecular weight excluding hydrogens is 302 g/mol. The van der Waals surface area contributed by atoms with Gasteiger partial charge in [0.25, 0.3) is 0 Å². The molecule has 22 heavy (non-hydrogen) atoms. The summed E-state index contributed by atoms with van der Waals surface area (Å²) in [6, 6.07) is 8.49. The Bertz CT molecular complexity index is 625. The molecule has 0 amide bonds. The molecule has 0 radical (unpaired) electrons. The summed E-state index contributed by atoms with van der Waals surface area (Å²) in [5.41, 5.74) is 0.802. The molecule has 1 aliphatic rings. The van der Waals surface area contributed by atoms with Crippen LogP contribution in [0.1, 0.15) is 31.7 Å². The number of piperidine rings is 1. The second-order valence-electron chi connectivity index (χ2n) is 5.13. The minimum atomic E-state index is -3.64. The van der Waals surface area contributed by atoms with E-state index in [1.165, 1.54) is 9.71 Å². The summed E-state index contributed by atoms with van der Waals surface area (Å²) in [5.74, 6) is -0.459. The summed E-state index contributed by atoms with van der Waals surface area (Å²) in [5, 5.41) is 1.17. The zero-order valence-corrected chi connectivity index (χ0v) is 13.5. The van der Waals surface area contributed by atoms with Gasteiger partial charge >= 0.3 is 5.97 Å². The summed E-state index contributed by atoms with van der Waals surface area (Å²) in [6.45, 7) is 2.32. The number of sulfonamides is 1. The van der Waals surface area contributed by atoms with Crippen molar-refractivity contribution in [3.8, 4) is 0 Å². The van der Waals surface area contributed by atoms with Crippen LogP contribution in [0.25, 0.3) is 6.08 Å². The molecule has 0 aliphatic carbocycles. The molecule has 1 fully saturated rings. The van der Waals surface area contributed by atoms with Gasteiger partial charge in [-0.1, -0.05) is 30.3 Å². The number of ether oxygens (including phenoxy) is 1. The van der Waals surface area contributed by atoms with Crippen molar-refractivity contribution in [2.45, 2.75) is 32.2 Å². The number of nitrogens with zero attached hydrogens (tertiary/aromatic N) is 1. The molecule has 1 aliphatic heterocycles. The maximum absolute atomic E-state index is 12.5. The lowest BCUT2D eigenvalue weighted by Crippen LogP contribution is -2.47. The Kier molecular flexibility index (Phi) is 5.74. The molecule has 1 atom stereocenters. The van der Waals surface area contributed by atoms with Gasteiger partial charge in [0.15, 0.2) is 0 Å². The lowest BCUT2D eigenvalue weighted by Gasteiger charge is -2.31. The molecular formula is C16H21NO4S. The molecule has 1 aromatic rings. The molecule has 2 rings (SSSR count). The van der Waals surface area contributed by atoms with Crippen LogP contribution in [0, 0.1) is 0 Å². The van der Waals surface area contributed by atoms with Gasteiger partial charge in [-0.05, 0) is 37.8 Å². The topological polar surface area (TPSA) is 63.7 Å². The number of carbonyl (C=O) groups excluding carboxylic acids is 1. The van der Waals surface area contributed by atoms with E-state index in [0.29, 0.717) is 13.0 Å². The molecule has 120 valence electrons. The van der Waals surface area contributed by atoms with E-state index >= 15 is 0 Å². The van der Waals surface area contributed by atoms with Gasteiger partial charge in [-0.2, -0.15) is 4.31 Å². The third-order valence-corrected chi connectivity index (χ3v) is 5.14. The van der Waals surface area contributed by atoms with Crippen LogP contribution in [0.2, 0.25) is 0 Å². The average molecular weight is 323 g/mol. The lowest BCUT2D eigenvalue weighted by molar-refractivity contribution is -0.148. The van der Waals surface area contributed by atoms with E-state index < -0.39 is 22.0 Å². The van der Waals surface area contributed by atoms with Crippen molar-refractivity contribution in [2.24, 2.45) is 0 Å². The first-order chi connectivity index (χ1) is 10.5. The van der Waals surface area contributed by atoms with E-state index in [-0.39, 0.29) is 6.61 Å². The Labute approximate surface area is 131 Å². The molecule has 0 bridgehead atoms. The highest BCUT2D eigenvalue weighted by Crippen LogP contribution is 2.23. The first-order valence-electron chi connectivity index (χ1n) is 7.46. The minimum absolute atomic E-state index is 0.253. The Balaban J connectivity index is 2.18. The summed E-state index contributed by atoms with van der Waals surface area (Å²) >= 11 is 0. The van der Waals surface area contributed by atoms with Gasteiger partial charge < -0.3 is 4.74 Å². The fraction of sp³-hybridized carbons (Fsp3) is 0.438. The maximum atomic E-state index is 12.5. The zero-order valence-electron chi connectivity index (χ0n) is 12.6. The third-order valence-electron chi connectivity index (χ3n) is 3.57. The van der Waals surface area contributed by atoms with Gasteiger partial charge in [0.05, 0.1) is 6.61 Å². The maximum Gasteiger partial charge on any atom is 0.324 e. The Morgan fingerprint density at radius 3 is 2.73 bits per heavy atom. The SMILES string of the molecule is CCOC(=O)C1CCCCN1S(=O)(=O)/C=C/c1ccccc1. The number of rotatable bonds is 5. The van der Waals surface area contributed by atoms with Gasteiger partial charge in [-0.15, -0.1) is 0 Å². The Morgan fingerprint density at radius 1 is 1.32 bits per heavy atom. The first-order valence-corrected chi connectivity index (χ1v) is 8.96. The number of hydrogen-bond acceptors (Lipinski definition) is 4. The average Bonchev–Trinajstić information content (AvgIpc) is 2.54. The summed E-state index contributed by atoms with van der Waals surface area (Å²) < 4.78 is 31.3. The van der Waals surface area contributed by atoms with Gasteiger partial charge in [-0.25, -0.2) is 8.42 Å². The van der Waals surface area contributed by atoms with E-state index in [1.807, 2.05) is 30.3 Å². The molecule has 1 aromatic carbocycles. The fourth-order valence-corrected chi connectivity index (χ4v) is 3.91. The fourth-order valence-electron chi connectivity index (χ4n) is 2.49. The zero-order chi connectivity index (χ0) is 16.0. The van der Waals surface area contributed by atoms with E-state index in [9.17, 15) is 13.2 Å². The minimum Gasteiger partial charge on any atom is -0.465 e. The number of esters is 1. The predicted octanol–water partition coefficient (Wildman–Crippen LogP) is 2.40. The molecule has 0 spiro atoms. The summed E-state index contributed by atoms with van der Waals surface area (Å²) in [6.07, 6.45) is 3.65. The predicted molar refractivity (Wildman–Crippen MR) is 85.4 cm³/mol. The molecule has 5 nitrogen and oxygen atoms in total. The number of benzene rings is 1. The molecule has 6 heteroatoms. The molecule has 0 saturated carbocycles. The van der Waals surface area contributed by atoms with Crippen LogP contribution in [0.3, 0.4) is 0 Å². The van der Waals surface area contributed by atoms with Gasteiger partial charge in [0, 0.05) is 12.0 Å². The Hall–Kier alpha value is -1.66. The van der Waals surface area contributed by atoms with Crippen molar-refractivity contribution in [1.82, 2.24) is 4.31 Å². The van der Waals surface area contributed by atoms with Crippen molar-refractivity contribution in [2.75, 3.05) is 13.2 Å². The van der Waals surface area contributed by atoms with E-state index in [1.54, 1.807) is 13.0 Å². The van der Waals surface area contributed by atoms with Gasteiger partial charge in [-0.3, -0.25) is 4.79 Å². The van der Waals surface area contributed by atoms with Crippen LogP contribution in [-0.2, 0) is 19.6 Å². The van der Waals surface area contributed by atoms with Crippen molar-refractivity contribution in [1.29, 1.82) is 0 Å². The highest BCUT2D eigenvalue weighted by molar-refractivity contribution is 7.92. The monoisotopic (exact) mass is 323 g/mol.